The quantitative estimate of drug-likeness (QED) is 0.584. The Balaban J connectivity index is 1.71. The number of anilines is 1. The van der Waals surface area contributed by atoms with E-state index < -0.39 is 15.9 Å². The van der Waals surface area contributed by atoms with Gasteiger partial charge in [-0.1, -0.05) is 18.6 Å². The molecule has 0 aliphatic carbocycles. The molecule has 4 rings (SSSR count). The lowest BCUT2D eigenvalue weighted by molar-refractivity contribution is 0.101. The molecule has 9 heteroatoms. The normalized spacial score (nSPS) is 14.8. The Morgan fingerprint density at radius 3 is 2.45 bits per heavy atom. The van der Waals surface area contributed by atoms with Crippen molar-refractivity contribution in [3.8, 4) is 11.5 Å². The van der Waals surface area contributed by atoms with Crippen molar-refractivity contribution in [2.45, 2.75) is 38.0 Å². The summed E-state index contributed by atoms with van der Waals surface area (Å²) < 4.78 is 35.5. The van der Waals surface area contributed by atoms with Crippen LogP contribution in [0.4, 0.5) is 5.69 Å². The molecule has 0 unspecified atom stereocenters. The molecule has 0 radical (unpaired) electrons. The Kier molecular flexibility index (Phi) is 6.53. The molecule has 1 N–H and O–H groups in total. The number of amides is 1. The average Bonchev–Trinajstić information content (AvgIpc) is 3.13. The van der Waals surface area contributed by atoms with E-state index >= 15 is 0 Å². The van der Waals surface area contributed by atoms with Crippen molar-refractivity contribution >= 4 is 21.6 Å². The number of sulfonamides is 1. The fourth-order valence-electron chi connectivity index (χ4n) is 3.93. The molecule has 1 saturated heterocycles. The number of hydrogen-bond acceptors (Lipinski definition) is 5. The number of aromatic nitrogens is 2. The molecule has 0 atom stereocenters. The number of carbonyl (C=O) groups excluding carboxylic acids is 1. The van der Waals surface area contributed by atoms with Crippen LogP contribution in [0.25, 0.3) is 0 Å². The summed E-state index contributed by atoms with van der Waals surface area (Å²) in [5.74, 6) is 0.540. The van der Waals surface area contributed by atoms with Gasteiger partial charge in [0, 0.05) is 20.1 Å². The van der Waals surface area contributed by atoms with E-state index in [4.69, 9.17) is 4.74 Å². The fourth-order valence-corrected chi connectivity index (χ4v) is 5.47. The lowest BCUT2D eigenvalue weighted by Crippen LogP contribution is -2.35. The summed E-state index contributed by atoms with van der Waals surface area (Å²) in [6, 6.07) is 13.8. The molecule has 174 valence electrons. The highest BCUT2D eigenvalue weighted by molar-refractivity contribution is 7.89. The maximum absolute atomic E-state index is 13.2. The minimum Gasteiger partial charge on any atom is -0.455 e. The molecule has 1 amide bonds. The van der Waals surface area contributed by atoms with Crippen LogP contribution in [0.1, 0.15) is 41.0 Å². The van der Waals surface area contributed by atoms with Gasteiger partial charge in [0.1, 0.15) is 11.4 Å². The zero-order chi connectivity index (χ0) is 23.6. The molecule has 33 heavy (non-hydrogen) atoms. The second kappa shape index (κ2) is 9.36. The predicted octanol–water partition coefficient (Wildman–Crippen LogP) is 4.26. The van der Waals surface area contributed by atoms with Crippen LogP contribution in [0.2, 0.25) is 0 Å². The molecular weight excluding hydrogens is 440 g/mol. The first-order valence-electron chi connectivity index (χ1n) is 10.9. The van der Waals surface area contributed by atoms with Crippen LogP contribution in [0.15, 0.2) is 53.4 Å². The summed E-state index contributed by atoms with van der Waals surface area (Å²) in [4.78, 5) is 13.1. The number of rotatable bonds is 6. The molecule has 1 aromatic heterocycles. The van der Waals surface area contributed by atoms with Gasteiger partial charge in [-0.2, -0.15) is 9.40 Å². The van der Waals surface area contributed by atoms with Crippen molar-refractivity contribution in [3.05, 3.63) is 65.5 Å². The third-order valence-corrected chi connectivity index (χ3v) is 7.50. The summed E-state index contributed by atoms with van der Waals surface area (Å²) in [5, 5.41) is 7.04. The first-order chi connectivity index (χ1) is 15.7. The van der Waals surface area contributed by atoms with E-state index in [9.17, 15) is 13.2 Å². The van der Waals surface area contributed by atoms with E-state index in [1.54, 1.807) is 26.1 Å². The van der Waals surface area contributed by atoms with Crippen molar-refractivity contribution in [3.63, 3.8) is 0 Å². The van der Waals surface area contributed by atoms with Crippen molar-refractivity contribution in [1.82, 2.24) is 14.1 Å². The first kappa shape index (κ1) is 23.0. The Bertz CT molecular complexity index is 1280. The number of nitrogens with zero attached hydrogens (tertiary/aromatic N) is 3. The molecule has 8 nitrogen and oxygen atoms in total. The molecule has 2 heterocycles. The number of hydrogen-bond donors (Lipinski definition) is 1. The fraction of sp³-hybridized carbons (Fsp3) is 0.333. The summed E-state index contributed by atoms with van der Waals surface area (Å²) in [5.41, 5.74) is 2.37. The molecule has 1 aliphatic heterocycles. The Morgan fingerprint density at radius 2 is 1.79 bits per heavy atom. The van der Waals surface area contributed by atoms with Gasteiger partial charge in [-0.25, -0.2) is 8.42 Å². The van der Waals surface area contributed by atoms with Crippen LogP contribution in [0.3, 0.4) is 0 Å². The largest absolute Gasteiger partial charge is 0.455 e. The van der Waals surface area contributed by atoms with Crippen LogP contribution >= 0.6 is 0 Å². The smallest absolute Gasteiger partial charge is 0.274 e. The zero-order valence-electron chi connectivity index (χ0n) is 19.0. The van der Waals surface area contributed by atoms with Crippen molar-refractivity contribution in [2.24, 2.45) is 7.05 Å². The number of nitrogens with one attached hydrogen (secondary N) is 1. The van der Waals surface area contributed by atoms with Crippen molar-refractivity contribution in [2.75, 3.05) is 18.4 Å². The summed E-state index contributed by atoms with van der Waals surface area (Å²) in [6.45, 7) is 4.75. The number of benzene rings is 2. The number of ether oxygens (including phenoxy) is 1. The third kappa shape index (κ3) is 5.09. The Labute approximate surface area is 194 Å². The highest BCUT2D eigenvalue weighted by Crippen LogP contribution is 2.34. The lowest BCUT2D eigenvalue weighted by Gasteiger charge is -2.26. The monoisotopic (exact) mass is 468 g/mol. The van der Waals surface area contributed by atoms with Crippen molar-refractivity contribution in [1.29, 1.82) is 0 Å². The zero-order valence-corrected chi connectivity index (χ0v) is 19.9. The Hall–Kier alpha value is -3.17. The van der Waals surface area contributed by atoms with Gasteiger partial charge in [-0.05, 0) is 68.7 Å². The van der Waals surface area contributed by atoms with Gasteiger partial charge < -0.3 is 10.1 Å². The van der Waals surface area contributed by atoms with Crippen molar-refractivity contribution < 1.29 is 17.9 Å². The minimum atomic E-state index is -3.68. The maximum atomic E-state index is 13.2. The molecule has 0 spiro atoms. The van der Waals surface area contributed by atoms with Crippen LogP contribution in [-0.2, 0) is 17.1 Å². The molecule has 1 aliphatic rings. The van der Waals surface area contributed by atoms with Gasteiger partial charge in [-0.3, -0.25) is 9.48 Å². The summed E-state index contributed by atoms with van der Waals surface area (Å²) >= 11 is 0. The summed E-state index contributed by atoms with van der Waals surface area (Å²) in [7, 11) is -1.99. The van der Waals surface area contributed by atoms with Crippen LogP contribution in [0, 0.1) is 13.8 Å². The second-order valence-electron chi connectivity index (χ2n) is 8.29. The lowest BCUT2D eigenvalue weighted by atomic mass is 10.2. The van der Waals surface area contributed by atoms with E-state index in [1.807, 2.05) is 31.2 Å². The predicted molar refractivity (Wildman–Crippen MR) is 126 cm³/mol. The average molecular weight is 469 g/mol. The maximum Gasteiger partial charge on any atom is 0.274 e. The van der Waals surface area contributed by atoms with Crippen LogP contribution in [0.5, 0.6) is 11.5 Å². The molecule has 0 saturated carbocycles. The minimum absolute atomic E-state index is 0.123. The van der Waals surface area contributed by atoms with E-state index in [1.165, 1.54) is 21.1 Å². The first-order valence-corrected chi connectivity index (χ1v) is 12.4. The standard InChI is InChI=1S/C24H28N4O4S/c1-17-8-7-9-19(14-17)32-23-11-10-20(33(30,31)28-12-5-4-6-13-28)16-21(23)25-24(29)22-15-18(2)26-27(22)3/h7-11,14-16H,4-6,12-13H2,1-3H3,(H,25,29). The Morgan fingerprint density at radius 1 is 1.03 bits per heavy atom. The van der Waals surface area contributed by atoms with E-state index in [0.717, 1.165) is 24.8 Å². The number of piperidine rings is 1. The molecule has 3 aromatic rings. The topological polar surface area (TPSA) is 93.5 Å². The van der Waals surface area contributed by atoms with Gasteiger partial charge in [0.2, 0.25) is 10.0 Å². The van der Waals surface area contributed by atoms with Gasteiger partial charge in [0.15, 0.2) is 5.75 Å². The molecule has 0 bridgehead atoms. The number of aryl methyl sites for hydroxylation is 3. The second-order valence-corrected chi connectivity index (χ2v) is 10.2. The van der Waals surface area contributed by atoms with E-state index in [-0.39, 0.29) is 10.6 Å². The highest BCUT2D eigenvalue weighted by atomic mass is 32.2. The third-order valence-electron chi connectivity index (χ3n) is 5.60. The molecule has 2 aromatic carbocycles. The van der Waals surface area contributed by atoms with E-state index in [2.05, 4.69) is 10.4 Å². The van der Waals surface area contributed by atoms with Gasteiger partial charge >= 0.3 is 0 Å². The van der Waals surface area contributed by atoms with Crippen LogP contribution < -0.4 is 10.1 Å². The molecular formula is C24H28N4O4S. The highest BCUT2D eigenvalue weighted by Gasteiger charge is 2.27. The summed E-state index contributed by atoms with van der Waals surface area (Å²) in [6.07, 6.45) is 2.72. The van der Waals surface area contributed by atoms with Gasteiger partial charge in [0.25, 0.3) is 5.91 Å². The SMILES string of the molecule is Cc1cccc(Oc2ccc(S(=O)(=O)N3CCCCC3)cc2NC(=O)c2cc(C)nn2C)c1. The number of carbonyl (C=O) groups is 1. The van der Waals surface area contributed by atoms with Crippen LogP contribution in [-0.4, -0.2) is 41.5 Å². The molecule has 1 fully saturated rings. The van der Waals surface area contributed by atoms with Gasteiger partial charge in [0.05, 0.1) is 16.3 Å². The van der Waals surface area contributed by atoms with Gasteiger partial charge in [-0.15, -0.1) is 0 Å². The van der Waals surface area contributed by atoms with E-state index in [0.29, 0.717) is 36.0 Å².